The summed E-state index contributed by atoms with van der Waals surface area (Å²) < 4.78 is 26.5. The SMILES string of the molecule is Cc1ccc(-c2noc(C3C[C@H]3F)n2)cc1NC(=O)c1cnc2cc3c(cn12)CC1(C)[C-](C)C1O3.[Ir]. The van der Waals surface area contributed by atoms with Crippen LogP contribution in [0, 0.1) is 18.3 Å². The number of hydrogen-bond donors (Lipinski definition) is 1. The van der Waals surface area contributed by atoms with Crippen LogP contribution >= 0.6 is 0 Å². The summed E-state index contributed by atoms with van der Waals surface area (Å²) in [7, 11) is 0. The molecule has 2 saturated carbocycles. The van der Waals surface area contributed by atoms with E-state index in [0.717, 1.165) is 23.3 Å². The molecule has 2 fully saturated rings. The topological polar surface area (TPSA) is 94.6 Å². The zero-order valence-electron chi connectivity index (χ0n) is 19.8. The number of alkyl halides is 1. The van der Waals surface area contributed by atoms with Crippen molar-refractivity contribution < 1.29 is 38.6 Å². The van der Waals surface area contributed by atoms with Gasteiger partial charge in [0.05, 0.1) is 12.1 Å². The fourth-order valence-corrected chi connectivity index (χ4v) is 5.07. The molecule has 3 aliphatic rings. The molecule has 2 aliphatic carbocycles. The molecule has 187 valence electrons. The third-order valence-electron chi connectivity index (χ3n) is 7.73. The van der Waals surface area contributed by atoms with Gasteiger partial charge < -0.3 is 14.6 Å². The summed E-state index contributed by atoms with van der Waals surface area (Å²) in [5.74, 6) is 2.30. The number of hydrogen-bond acceptors (Lipinski definition) is 6. The first-order valence-corrected chi connectivity index (χ1v) is 11.7. The fraction of sp³-hybridized carbons (Fsp3) is 0.346. The van der Waals surface area contributed by atoms with Gasteiger partial charge in [0.1, 0.15) is 23.3 Å². The summed E-state index contributed by atoms with van der Waals surface area (Å²) in [4.78, 5) is 22.1. The van der Waals surface area contributed by atoms with E-state index in [2.05, 4.69) is 34.3 Å². The largest absolute Gasteiger partial charge is 0.523 e. The van der Waals surface area contributed by atoms with Crippen molar-refractivity contribution in [2.75, 3.05) is 5.32 Å². The summed E-state index contributed by atoms with van der Waals surface area (Å²) in [5, 5.41) is 6.99. The second-order valence-corrected chi connectivity index (χ2v) is 10.1. The van der Waals surface area contributed by atoms with Crippen molar-refractivity contribution in [1.29, 1.82) is 0 Å². The van der Waals surface area contributed by atoms with Gasteiger partial charge >= 0.3 is 0 Å². The number of fused-ring (bicyclic) bond motifs is 3. The number of aromatic nitrogens is 4. The van der Waals surface area contributed by atoms with Crippen LogP contribution in [-0.4, -0.2) is 37.7 Å². The number of aryl methyl sites for hydroxylation is 1. The molecular formula is C26H23FIrN5O3-. The summed E-state index contributed by atoms with van der Waals surface area (Å²) in [5.41, 5.74) is 4.42. The number of pyridine rings is 1. The predicted octanol–water partition coefficient (Wildman–Crippen LogP) is 4.69. The maximum Gasteiger partial charge on any atom is 0.274 e. The number of benzene rings is 1. The van der Waals surface area contributed by atoms with Gasteiger partial charge in [-0.3, -0.25) is 15.1 Å². The number of ether oxygens (including phenoxy) is 1. The number of nitrogens with one attached hydrogen (secondary N) is 1. The molecule has 1 aromatic carbocycles. The molecule has 3 unspecified atom stereocenters. The Morgan fingerprint density at radius 3 is 2.92 bits per heavy atom. The van der Waals surface area contributed by atoms with Crippen LogP contribution in [-0.2, 0) is 26.5 Å². The van der Waals surface area contributed by atoms with Crippen LogP contribution in [0.2, 0.25) is 0 Å². The van der Waals surface area contributed by atoms with E-state index in [1.54, 1.807) is 12.3 Å². The van der Waals surface area contributed by atoms with E-state index in [1.807, 2.05) is 35.7 Å². The molecule has 1 aliphatic heterocycles. The average molecular weight is 665 g/mol. The van der Waals surface area contributed by atoms with Crippen molar-refractivity contribution in [2.24, 2.45) is 5.41 Å². The monoisotopic (exact) mass is 665 g/mol. The Bertz CT molecular complexity index is 1530. The second kappa shape index (κ2) is 7.95. The fourth-order valence-electron chi connectivity index (χ4n) is 5.07. The van der Waals surface area contributed by atoms with Crippen LogP contribution < -0.4 is 10.1 Å². The molecule has 0 saturated heterocycles. The smallest absolute Gasteiger partial charge is 0.274 e. The summed E-state index contributed by atoms with van der Waals surface area (Å²) in [6.07, 6.45) is 4.09. The molecule has 10 heteroatoms. The van der Waals surface area contributed by atoms with Crippen LogP contribution in [0.15, 0.2) is 41.2 Å². The second-order valence-electron chi connectivity index (χ2n) is 10.1. The van der Waals surface area contributed by atoms with Gasteiger partial charge in [0.15, 0.2) is 0 Å². The molecule has 7 rings (SSSR count). The van der Waals surface area contributed by atoms with Crippen molar-refractivity contribution in [3.05, 3.63) is 65.3 Å². The summed E-state index contributed by atoms with van der Waals surface area (Å²) in [6.45, 7) is 6.26. The molecule has 4 atom stereocenters. The number of nitrogens with zero attached hydrogens (tertiary/aromatic N) is 4. The molecule has 4 heterocycles. The number of imidazole rings is 1. The van der Waals surface area contributed by atoms with Gasteiger partial charge in [0.25, 0.3) is 5.91 Å². The van der Waals surface area contributed by atoms with E-state index in [9.17, 15) is 9.18 Å². The third-order valence-corrected chi connectivity index (χ3v) is 7.73. The minimum absolute atomic E-state index is 0. The Morgan fingerprint density at radius 1 is 1.33 bits per heavy atom. The molecule has 1 N–H and O–H groups in total. The Hall–Kier alpha value is -3.10. The molecule has 0 spiro atoms. The number of anilines is 1. The first kappa shape index (κ1) is 23.3. The first-order valence-electron chi connectivity index (χ1n) is 11.7. The van der Waals surface area contributed by atoms with Gasteiger partial charge in [-0.2, -0.15) is 11.9 Å². The van der Waals surface area contributed by atoms with Gasteiger partial charge in [-0.1, -0.05) is 24.2 Å². The Kier molecular flexibility index (Phi) is 5.15. The Morgan fingerprint density at radius 2 is 2.14 bits per heavy atom. The van der Waals surface area contributed by atoms with E-state index in [0.29, 0.717) is 40.7 Å². The number of carbonyl (C=O) groups excluding carboxylic acids is 1. The quantitative estimate of drug-likeness (QED) is 0.319. The van der Waals surface area contributed by atoms with Crippen molar-refractivity contribution in [3.63, 3.8) is 0 Å². The van der Waals surface area contributed by atoms with E-state index >= 15 is 0 Å². The summed E-state index contributed by atoms with van der Waals surface area (Å²) in [6, 6.07) is 7.43. The standard InChI is InChI=1S/C26H23FN5O3.Ir/c1-12-4-5-14(23-30-25(35-31-23)16-7-17(16)27)6-18(12)29-24(33)19-10-28-21-8-20-15(11-32(19)21)9-26(3)13(2)22(26)34-20;/h4-6,8,10-11,16-17,22H,7,9H2,1-3H3,(H,29,33);/q-1;/t16?,17-,22?,26?;/m1./s1. The van der Waals surface area contributed by atoms with Gasteiger partial charge in [-0.05, 0) is 37.5 Å². The molecule has 8 nitrogen and oxygen atoms in total. The number of rotatable bonds is 4. The molecule has 36 heavy (non-hydrogen) atoms. The first-order chi connectivity index (χ1) is 16.8. The molecular weight excluding hydrogens is 642 g/mol. The number of halogens is 1. The van der Waals surface area contributed by atoms with Gasteiger partial charge in [-0.15, -0.1) is 5.41 Å². The Labute approximate surface area is 220 Å². The zero-order valence-corrected chi connectivity index (χ0v) is 22.2. The summed E-state index contributed by atoms with van der Waals surface area (Å²) >= 11 is 0. The van der Waals surface area contributed by atoms with Crippen molar-refractivity contribution in [2.45, 2.75) is 51.8 Å². The molecule has 1 amide bonds. The van der Waals surface area contributed by atoms with Crippen LogP contribution in [0.4, 0.5) is 10.1 Å². The van der Waals surface area contributed by atoms with Gasteiger partial charge in [0.2, 0.25) is 11.7 Å². The molecule has 0 bridgehead atoms. The van der Waals surface area contributed by atoms with E-state index in [1.165, 1.54) is 5.92 Å². The zero-order chi connectivity index (χ0) is 24.1. The molecule has 4 aromatic rings. The maximum atomic E-state index is 13.3. The molecule has 3 aromatic heterocycles. The van der Waals surface area contributed by atoms with Gasteiger partial charge in [0, 0.05) is 49.2 Å². The molecule has 1 radical (unpaired) electrons. The van der Waals surface area contributed by atoms with E-state index in [-0.39, 0.29) is 43.4 Å². The average Bonchev–Trinajstić information content (AvgIpc) is 3.45. The minimum Gasteiger partial charge on any atom is -0.523 e. The van der Waals surface area contributed by atoms with Crippen LogP contribution in [0.25, 0.3) is 17.0 Å². The predicted molar refractivity (Wildman–Crippen MR) is 125 cm³/mol. The minimum atomic E-state index is -0.908. The van der Waals surface area contributed by atoms with E-state index < -0.39 is 6.17 Å². The van der Waals surface area contributed by atoms with Crippen LogP contribution in [0.1, 0.15) is 53.7 Å². The maximum absolute atomic E-state index is 13.3. The number of carbonyl (C=O) groups is 1. The van der Waals surface area contributed by atoms with Crippen molar-refractivity contribution in [1.82, 2.24) is 19.5 Å². The van der Waals surface area contributed by atoms with Crippen LogP contribution in [0.5, 0.6) is 5.75 Å². The normalized spacial score (nSPS) is 25.9. The van der Waals surface area contributed by atoms with Gasteiger partial charge in [-0.25, -0.2) is 9.37 Å². The number of amides is 1. The van der Waals surface area contributed by atoms with Crippen molar-refractivity contribution >= 4 is 17.2 Å². The Balaban J connectivity index is 0.00000240. The van der Waals surface area contributed by atoms with E-state index in [4.69, 9.17) is 9.26 Å². The van der Waals surface area contributed by atoms with Crippen LogP contribution in [0.3, 0.4) is 0 Å². The third kappa shape index (κ3) is 3.50. The van der Waals surface area contributed by atoms with Crippen molar-refractivity contribution in [3.8, 4) is 17.1 Å².